The number of ether oxygens (including phenoxy) is 1. The van der Waals surface area contributed by atoms with E-state index in [-0.39, 0.29) is 0 Å². The summed E-state index contributed by atoms with van der Waals surface area (Å²) in [6.45, 7) is 1.05. The molecule has 0 radical (unpaired) electrons. The van der Waals surface area contributed by atoms with Gasteiger partial charge in [0.1, 0.15) is 0 Å². The van der Waals surface area contributed by atoms with Crippen molar-refractivity contribution in [2.75, 3.05) is 7.11 Å². The number of alkyl halides is 3. The maximum atomic E-state index is 11.8. The SMILES string of the molecule is COC(=O)[C@H](NC(=O)C(F)(F)F)[C@@H](C)O. The number of aliphatic hydroxyl groups is 1. The Morgan fingerprint density at radius 3 is 2.13 bits per heavy atom. The van der Waals surface area contributed by atoms with Crippen molar-refractivity contribution in [2.24, 2.45) is 0 Å². The monoisotopic (exact) mass is 229 g/mol. The van der Waals surface area contributed by atoms with Gasteiger partial charge in [-0.25, -0.2) is 4.79 Å². The Labute approximate surface area is 83.2 Å². The van der Waals surface area contributed by atoms with Gasteiger partial charge in [0.05, 0.1) is 13.2 Å². The average Bonchev–Trinajstić information content (AvgIpc) is 2.10. The molecule has 0 aliphatic carbocycles. The summed E-state index contributed by atoms with van der Waals surface area (Å²) < 4.78 is 39.5. The number of esters is 1. The van der Waals surface area contributed by atoms with E-state index in [1.54, 1.807) is 0 Å². The lowest BCUT2D eigenvalue weighted by Gasteiger charge is -2.19. The number of halogens is 3. The zero-order valence-electron chi connectivity index (χ0n) is 7.96. The van der Waals surface area contributed by atoms with Crippen molar-refractivity contribution < 1.29 is 32.6 Å². The highest BCUT2D eigenvalue weighted by Crippen LogP contribution is 2.15. The standard InChI is InChI=1S/C7H10F3NO4/c1-3(12)4(5(13)15-2)11-6(14)7(8,9)10/h3-4,12H,1-2H3,(H,11,14)/t3-,4-/m1/s1. The molecule has 0 aliphatic rings. The van der Waals surface area contributed by atoms with Crippen LogP contribution in [0.5, 0.6) is 0 Å². The lowest BCUT2D eigenvalue weighted by atomic mass is 10.2. The predicted molar refractivity (Wildman–Crippen MR) is 41.7 cm³/mol. The molecule has 5 nitrogen and oxygen atoms in total. The second-order valence-electron chi connectivity index (χ2n) is 2.71. The van der Waals surface area contributed by atoms with Gasteiger partial charge in [-0.2, -0.15) is 13.2 Å². The molecule has 8 heteroatoms. The minimum Gasteiger partial charge on any atom is -0.467 e. The van der Waals surface area contributed by atoms with E-state index in [1.807, 2.05) is 0 Å². The van der Waals surface area contributed by atoms with Gasteiger partial charge in [-0.05, 0) is 6.92 Å². The molecule has 1 amide bonds. The van der Waals surface area contributed by atoms with Crippen molar-refractivity contribution in [2.45, 2.75) is 25.2 Å². The second kappa shape index (κ2) is 4.96. The van der Waals surface area contributed by atoms with E-state index in [2.05, 4.69) is 4.74 Å². The quantitative estimate of drug-likeness (QED) is 0.645. The van der Waals surface area contributed by atoms with Crippen molar-refractivity contribution in [1.82, 2.24) is 5.32 Å². The fourth-order valence-electron chi connectivity index (χ4n) is 0.727. The number of nitrogens with one attached hydrogen (secondary N) is 1. The smallest absolute Gasteiger partial charge is 0.467 e. The molecule has 2 N–H and O–H groups in total. The van der Waals surface area contributed by atoms with Crippen molar-refractivity contribution in [3.05, 3.63) is 0 Å². The zero-order valence-corrected chi connectivity index (χ0v) is 7.96. The van der Waals surface area contributed by atoms with Crippen molar-refractivity contribution in [3.63, 3.8) is 0 Å². The van der Waals surface area contributed by atoms with E-state index < -0.39 is 30.2 Å². The van der Waals surface area contributed by atoms with Gasteiger partial charge in [-0.1, -0.05) is 0 Å². The van der Waals surface area contributed by atoms with Gasteiger partial charge in [-0.15, -0.1) is 0 Å². The molecular formula is C7H10F3NO4. The van der Waals surface area contributed by atoms with Crippen LogP contribution in [0.1, 0.15) is 6.92 Å². The summed E-state index contributed by atoms with van der Waals surface area (Å²) in [5.41, 5.74) is 0. The Balaban J connectivity index is 4.57. The molecule has 2 atom stereocenters. The van der Waals surface area contributed by atoms with E-state index in [1.165, 1.54) is 5.32 Å². The first-order chi connectivity index (χ1) is 6.70. The molecule has 0 unspecified atom stereocenters. The van der Waals surface area contributed by atoms with Crippen molar-refractivity contribution in [1.29, 1.82) is 0 Å². The third-order valence-corrected chi connectivity index (χ3v) is 1.48. The summed E-state index contributed by atoms with van der Waals surface area (Å²) in [4.78, 5) is 21.3. The van der Waals surface area contributed by atoms with Crippen LogP contribution >= 0.6 is 0 Å². The third-order valence-electron chi connectivity index (χ3n) is 1.48. The third kappa shape index (κ3) is 4.15. The van der Waals surface area contributed by atoms with Crippen LogP contribution in [0.4, 0.5) is 13.2 Å². The number of methoxy groups -OCH3 is 1. The highest BCUT2D eigenvalue weighted by atomic mass is 19.4. The number of hydrogen-bond acceptors (Lipinski definition) is 4. The van der Waals surface area contributed by atoms with E-state index >= 15 is 0 Å². The first-order valence-corrected chi connectivity index (χ1v) is 3.83. The van der Waals surface area contributed by atoms with Gasteiger partial charge in [0.15, 0.2) is 6.04 Å². The number of hydrogen-bond donors (Lipinski definition) is 2. The Morgan fingerprint density at radius 2 is 1.87 bits per heavy atom. The maximum Gasteiger partial charge on any atom is 0.471 e. The molecule has 0 aromatic carbocycles. The molecule has 0 aromatic heterocycles. The fourth-order valence-corrected chi connectivity index (χ4v) is 0.727. The summed E-state index contributed by atoms with van der Waals surface area (Å²) in [5, 5.41) is 10.3. The number of carbonyl (C=O) groups excluding carboxylic acids is 2. The van der Waals surface area contributed by atoms with Gasteiger partial charge in [0.25, 0.3) is 0 Å². The molecule has 0 rings (SSSR count). The number of carbonyl (C=O) groups is 2. The molecule has 0 fully saturated rings. The largest absolute Gasteiger partial charge is 0.471 e. The summed E-state index contributed by atoms with van der Waals surface area (Å²) >= 11 is 0. The zero-order chi connectivity index (χ0) is 12.2. The summed E-state index contributed by atoms with van der Waals surface area (Å²) in [6, 6.07) is -1.73. The molecule has 0 aromatic rings. The summed E-state index contributed by atoms with van der Waals surface area (Å²) in [6.07, 6.45) is -6.59. The van der Waals surface area contributed by atoms with E-state index in [9.17, 15) is 22.8 Å². The highest BCUT2D eigenvalue weighted by molar-refractivity contribution is 5.87. The first-order valence-electron chi connectivity index (χ1n) is 3.83. The van der Waals surface area contributed by atoms with Crippen LogP contribution < -0.4 is 5.32 Å². The van der Waals surface area contributed by atoms with E-state index in [0.717, 1.165) is 14.0 Å². The predicted octanol–water partition coefficient (Wildman–Crippen LogP) is -0.413. The van der Waals surface area contributed by atoms with Gasteiger partial charge in [0.2, 0.25) is 0 Å². The molecule has 0 saturated heterocycles. The van der Waals surface area contributed by atoms with Crippen LogP contribution in [0.2, 0.25) is 0 Å². The lowest BCUT2D eigenvalue weighted by molar-refractivity contribution is -0.176. The highest BCUT2D eigenvalue weighted by Gasteiger charge is 2.41. The summed E-state index contributed by atoms with van der Waals surface area (Å²) in [5.74, 6) is -3.46. The topological polar surface area (TPSA) is 75.6 Å². The average molecular weight is 229 g/mol. The van der Waals surface area contributed by atoms with Crippen molar-refractivity contribution >= 4 is 11.9 Å². The number of amides is 1. The van der Waals surface area contributed by atoms with E-state index in [4.69, 9.17) is 5.11 Å². The summed E-state index contributed by atoms with van der Waals surface area (Å²) in [7, 11) is 0.928. The molecule has 0 spiro atoms. The Kier molecular flexibility index (Phi) is 4.53. The van der Waals surface area contributed by atoms with Gasteiger partial charge < -0.3 is 15.2 Å². The van der Waals surface area contributed by atoms with Crippen molar-refractivity contribution in [3.8, 4) is 0 Å². The van der Waals surface area contributed by atoms with Gasteiger partial charge in [-0.3, -0.25) is 4.79 Å². The van der Waals surface area contributed by atoms with Crippen LogP contribution in [-0.2, 0) is 14.3 Å². The number of rotatable bonds is 3. The molecule has 0 saturated carbocycles. The van der Waals surface area contributed by atoms with Gasteiger partial charge in [0, 0.05) is 0 Å². The van der Waals surface area contributed by atoms with E-state index in [0.29, 0.717) is 0 Å². The fraction of sp³-hybridized carbons (Fsp3) is 0.714. The molecule has 15 heavy (non-hydrogen) atoms. The minimum atomic E-state index is -5.11. The molecular weight excluding hydrogens is 219 g/mol. The Morgan fingerprint density at radius 1 is 1.40 bits per heavy atom. The normalized spacial score (nSPS) is 15.3. The molecule has 0 heterocycles. The maximum absolute atomic E-state index is 11.8. The first kappa shape index (κ1) is 13.7. The van der Waals surface area contributed by atoms with Crippen LogP contribution in [-0.4, -0.2) is 42.4 Å². The second-order valence-corrected chi connectivity index (χ2v) is 2.71. The van der Waals surface area contributed by atoms with Gasteiger partial charge >= 0.3 is 18.1 Å². The molecule has 88 valence electrons. The Bertz CT molecular complexity index is 251. The molecule has 0 bridgehead atoms. The van der Waals surface area contributed by atoms with Crippen LogP contribution in [0.3, 0.4) is 0 Å². The van der Waals surface area contributed by atoms with Crippen LogP contribution in [0, 0.1) is 0 Å². The lowest BCUT2D eigenvalue weighted by Crippen LogP contribution is -2.52. The molecule has 0 aliphatic heterocycles. The Hall–Kier alpha value is -1.31. The van der Waals surface area contributed by atoms with Crippen LogP contribution in [0.25, 0.3) is 0 Å². The number of aliphatic hydroxyl groups excluding tert-OH is 1. The minimum absolute atomic E-state index is 0.928. The van der Waals surface area contributed by atoms with Crippen LogP contribution in [0.15, 0.2) is 0 Å².